The molecule has 1 aromatic heterocycles. The molecule has 0 unspecified atom stereocenters. The summed E-state index contributed by atoms with van der Waals surface area (Å²) >= 11 is 7.11. The molecule has 0 spiro atoms. The number of thioether (sulfide) groups is 1. The molecule has 2 aliphatic rings. The third-order valence-corrected chi connectivity index (χ3v) is 5.58. The average molecular weight is 417 g/mol. The number of amidine groups is 2. The Morgan fingerprint density at radius 1 is 1.32 bits per heavy atom. The Balaban J connectivity index is 1.65. The standard InChI is InChI=1S/C19H14ClFN4O2S/c1-9(2)18-24-25-16(22)12(17(26)23-19(25)28-18)8-11-4-6-15(27-11)10-3-5-14(21)13(20)7-10/h3-9,22H,1-2H3. The minimum absolute atomic E-state index is 0.00902. The second-order valence-corrected chi connectivity index (χ2v) is 7.84. The fourth-order valence-corrected chi connectivity index (χ4v) is 3.69. The Morgan fingerprint density at radius 2 is 2.11 bits per heavy atom. The van der Waals surface area contributed by atoms with Crippen molar-refractivity contribution in [2.24, 2.45) is 16.0 Å². The Hall–Kier alpha value is -2.71. The molecule has 142 valence electrons. The third kappa shape index (κ3) is 3.29. The summed E-state index contributed by atoms with van der Waals surface area (Å²) in [5, 5.41) is 15.2. The van der Waals surface area contributed by atoms with Crippen LogP contribution in [-0.4, -0.2) is 27.0 Å². The molecule has 28 heavy (non-hydrogen) atoms. The summed E-state index contributed by atoms with van der Waals surface area (Å²) in [7, 11) is 0. The molecule has 2 aliphatic heterocycles. The highest BCUT2D eigenvalue weighted by Gasteiger charge is 2.36. The zero-order chi connectivity index (χ0) is 20.0. The van der Waals surface area contributed by atoms with Crippen LogP contribution in [0.1, 0.15) is 19.6 Å². The number of nitrogens with one attached hydrogen (secondary N) is 1. The second-order valence-electron chi connectivity index (χ2n) is 6.44. The summed E-state index contributed by atoms with van der Waals surface area (Å²) in [6.45, 7) is 3.97. The number of hydrazone groups is 1. The van der Waals surface area contributed by atoms with Gasteiger partial charge in [-0.25, -0.2) is 4.39 Å². The monoisotopic (exact) mass is 416 g/mol. The van der Waals surface area contributed by atoms with Crippen molar-refractivity contribution >= 4 is 51.4 Å². The Morgan fingerprint density at radius 3 is 2.82 bits per heavy atom. The summed E-state index contributed by atoms with van der Waals surface area (Å²) in [6, 6.07) is 7.60. The van der Waals surface area contributed by atoms with E-state index in [0.29, 0.717) is 22.3 Å². The number of carbonyl (C=O) groups excluding carboxylic acids is 1. The van der Waals surface area contributed by atoms with Gasteiger partial charge in [-0.2, -0.15) is 15.1 Å². The lowest BCUT2D eigenvalue weighted by molar-refractivity contribution is -0.114. The van der Waals surface area contributed by atoms with Crippen LogP contribution in [0.25, 0.3) is 17.4 Å². The fourth-order valence-electron chi connectivity index (χ4n) is 2.62. The van der Waals surface area contributed by atoms with Crippen LogP contribution in [0.15, 0.2) is 50.4 Å². The van der Waals surface area contributed by atoms with Crippen LogP contribution in [0.4, 0.5) is 4.39 Å². The summed E-state index contributed by atoms with van der Waals surface area (Å²) in [6.07, 6.45) is 1.45. The van der Waals surface area contributed by atoms with Gasteiger partial charge in [0.2, 0.25) is 5.17 Å². The van der Waals surface area contributed by atoms with E-state index in [-0.39, 0.29) is 22.3 Å². The van der Waals surface area contributed by atoms with E-state index in [0.717, 1.165) is 5.04 Å². The van der Waals surface area contributed by atoms with Gasteiger partial charge in [0.05, 0.1) is 10.6 Å². The number of aliphatic imine (C=N–C) groups is 1. The van der Waals surface area contributed by atoms with Gasteiger partial charge in [-0.3, -0.25) is 10.2 Å². The van der Waals surface area contributed by atoms with E-state index in [1.807, 2.05) is 13.8 Å². The van der Waals surface area contributed by atoms with E-state index < -0.39 is 11.7 Å². The number of rotatable bonds is 3. The number of hydrogen-bond acceptors (Lipinski definition) is 5. The van der Waals surface area contributed by atoms with Crippen LogP contribution in [0.2, 0.25) is 5.02 Å². The van der Waals surface area contributed by atoms with Crippen molar-refractivity contribution in [2.75, 3.05) is 0 Å². The van der Waals surface area contributed by atoms with Crippen LogP contribution in [0, 0.1) is 17.1 Å². The first-order valence-electron chi connectivity index (χ1n) is 8.39. The first kappa shape index (κ1) is 18.6. The maximum Gasteiger partial charge on any atom is 0.283 e. The zero-order valence-corrected chi connectivity index (χ0v) is 16.4. The molecule has 9 heteroatoms. The molecule has 0 radical (unpaired) electrons. The van der Waals surface area contributed by atoms with Crippen molar-refractivity contribution < 1.29 is 13.6 Å². The van der Waals surface area contributed by atoms with Crippen molar-refractivity contribution in [3.8, 4) is 11.3 Å². The molecule has 4 rings (SSSR count). The average Bonchev–Trinajstić information content (AvgIpc) is 3.28. The number of furan rings is 1. The maximum absolute atomic E-state index is 13.3. The van der Waals surface area contributed by atoms with Gasteiger partial charge in [-0.1, -0.05) is 25.4 Å². The van der Waals surface area contributed by atoms with Crippen molar-refractivity contribution in [1.29, 1.82) is 5.41 Å². The first-order valence-corrected chi connectivity index (χ1v) is 9.58. The van der Waals surface area contributed by atoms with Gasteiger partial charge in [0.1, 0.15) is 22.4 Å². The maximum atomic E-state index is 13.3. The van der Waals surface area contributed by atoms with Crippen LogP contribution in [0.3, 0.4) is 0 Å². The molecular weight excluding hydrogens is 403 g/mol. The highest BCUT2D eigenvalue weighted by molar-refractivity contribution is 8.27. The van der Waals surface area contributed by atoms with Gasteiger partial charge in [0.15, 0.2) is 5.84 Å². The van der Waals surface area contributed by atoms with Crippen LogP contribution >= 0.6 is 23.4 Å². The fraction of sp³-hybridized carbons (Fsp3) is 0.158. The molecular formula is C19H14ClFN4O2S. The lowest BCUT2D eigenvalue weighted by atomic mass is 10.1. The molecule has 1 amide bonds. The highest BCUT2D eigenvalue weighted by Crippen LogP contribution is 2.32. The molecule has 1 aromatic carbocycles. The lowest BCUT2D eigenvalue weighted by Gasteiger charge is -2.19. The van der Waals surface area contributed by atoms with Crippen molar-refractivity contribution in [3.05, 3.63) is 52.5 Å². The number of hydrogen-bond donors (Lipinski definition) is 1. The predicted octanol–water partition coefficient (Wildman–Crippen LogP) is 5.01. The van der Waals surface area contributed by atoms with Crippen molar-refractivity contribution in [2.45, 2.75) is 13.8 Å². The molecule has 0 saturated carbocycles. The summed E-state index contributed by atoms with van der Waals surface area (Å²) in [4.78, 5) is 16.4. The zero-order valence-electron chi connectivity index (χ0n) is 14.9. The van der Waals surface area contributed by atoms with Gasteiger partial charge < -0.3 is 4.42 Å². The van der Waals surface area contributed by atoms with Gasteiger partial charge >= 0.3 is 0 Å². The third-order valence-electron chi connectivity index (χ3n) is 4.08. The van der Waals surface area contributed by atoms with Gasteiger partial charge in [-0.15, -0.1) is 0 Å². The van der Waals surface area contributed by atoms with E-state index in [2.05, 4.69) is 10.1 Å². The normalized spacial score (nSPS) is 18.0. The molecule has 0 fully saturated rings. The first-order chi connectivity index (χ1) is 13.3. The number of carbonyl (C=O) groups is 1. The second kappa shape index (κ2) is 7.03. The molecule has 0 bridgehead atoms. The SMILES string of the molecule is CC(C)C1=NN2C(=N)C(=Cc3ccc(-c4ccc(F)c(Cl)c4)o3)C(=O)N=C2S1. The molecule has 0 saturated heterocycles. The number of nitrogens with zero attached hydrogens (tertiary/aromatic N) is 3. The van der Waals surface area contributed by atoms with E-state index in [1.165, 1.54) is 35.0 Å². The lowest BCUT2D eigenvalue weighted by Crippen LogP contribution is -2.35. The summed E-state index contributed by atoms with van der Waals surface area (Å²) in [5.41, 5.74) is 0.680. The van der Waals surface area contributed by atoms with E-state index in [1.54, 1.807) is 18.2 Å². The highest BCUT2D eigenvalue weighted by atomic mass is 35.5. The molecule has 0 atom stereocenters. The molecule has 1 N–H and O–H groups in total. The Labute approximate surface area is 169 Å². The van der Waals surface area contributed by atoms with Gasteiger partial charge in [0, 0.05) is 11.5 Å². The Bertz CT molecular complexity index is 1100. The van der Waals surface area contributed by atoms with Crippen LogP contribution < -0.4 is 0 Å². The van der Waals surface area contributed by atoms with Crippen LogP contribution in [0.5, 0.6) is 0 Å². The summed E-state index contributed by atoms with van der Waals surface area (Å²) < 4.78 is 19.1. The minimum Gasteiger partial charge on any atom is -0.457 e. The van der Waals surface area contributed by atoms with E-state index in [9.17, 15) is 9.18 Å². The molecule has 6 nitrogen and oxygen atoms in total. The predicted molar refractivity (Wildman–Crippen MR) is 109 cm³/mol. The number of benzene rings is 1. The van der Waals surface area contributed by atoms with Gasteiger partial charge in [0.25, 0.3) is 5.91 Å². The summed E-state index contributed by atoms with van der Waals surface area (Å²) in [5.74, 6) is -0.0952. The molecule has 3 heterocycles. The molecule has 2 aromatic rings. The van der Waals surface area contributed by atoms with Crippen LogP contribution in [-0.2, 0) is 4.79 Å². The van der Waals surface area contributed by atoms with Crippen molar-refractivity contribution in [3.63, 3.8) is 0 Å². The van der Waals surface area contributed by atoms with E-state index in [4.69, 9.17) is 21.4 Å². The van der Waals surface area contributed by atoms with E-state index >= 15 is 0 Å². The number of amides is 1. The number of halogens is 2. The minimum atomic E-state index is -0.522. The smallest absolute Gasteiger partial charge is 0.283 e. The molecule has 0 aliphatic carbocycles. The quantitative estimate of drug-likeness (QED) is 0.712. The number of fused-ring (bicyclic) bond motifs is 1. The van der Waals surface area contributed by atoms with Gasteiger partial charge in [-0.05, 0) is 48.2 Å². The Kier molecular flexibility index (Phi) is 4.68. The largest absolute Gasteiger partial charge is 0.457 e. The van der Waals surface area contributed by atoms with Crippen molar-refractivity contribution in [1.82, 2.24) is 5.01 Å². The topological polar surface area (TPSA) is 82.0 Å².